The van der Waals surface area contributed by atoms with Gasteiger partial charge in [0.15, 0.2) is 18.4 Å². The molecule has 6 N–H and O–H groups in total. The highest BCUT2D eigenvalue weighted by atomic mass is 16.8. The number of hydrogen-bond donors (Lipinski definition) is 6. The zero-order chi connectivity index (χ0) is 35.5. The van der Waals surface area contributed by atoms with Crippen LogP contribution in [0.2, 0.25) is 0 Å². The van der Waals surface area contributed by atoms with E-state index in [0.717, 1.165) is 45.1 Å². The Bertz CT molecular complexity index is 1290. The van der Waals surface area contributed by atoms with Crippen LogP contribution >= 0.6 is 0 Å². The van der Waals surface area contributed by atoms with Crippen LogP contribution in [0.4, 0.5) is 0 Å². The minimum atomic E-state index is -1.60. The van der Waals surface area contributed by atoms with E-state index in [4.69, 9.17) is 28.4 Å². The first kappa shape index (κ1) is 36.2. The van der Waals surface area contributed by atoms with Gasteiger partial charge in [-0.3, -0.25) is 0 Å². The Morgan fingerprint density at radius 2 is 1.60 bits per heavy atom. The number of allylic oxidation sites excluding steroid dienone is 1. The summed E-state index contributed by atoms with van der Waals surface area (Å²) in [6.45, 7) is 11.5. The summed E-state index contributed by atoms with van der Waals surface area (Å²) < 4.78 is 38.0. The molecular formula is C38H60O12. The molecule has 3 saturated carbocycles. The van der Waals surface area contributed by atoms with Gasteiger partial charge in [-0.1, -0.05) is 39.3 Å². The first-order chi connectivity index (χ1) is 23.7. The maximum absolute atomic E-state index is 11.1. The van der Waals surface area contributed by atoms with Crippen molar-refractivity contribution in [2.75, 3.05) is 13.2 Å². The van der Waals surface area contributed by atoms with Gasteiger partial charge in [-0.2, -0.15) is 0 Å². The van der Waals surface area contributed by atoms with E-state index in [1.165, 1.54) is 5.57 Å². The van der Waals surface area contributed by atoms with E-state index in [2.05, 4.69) is 33.8 Å². The smallest absolute Gasteiger partial charge is 0.187 e. The first-order valence-corrected chi connectivity index (χ1v) is 19.4. The van der Waals surface area contributed by atoms with Crippen molar-refractivity contribution >= 4 is 0 Å². The zero-order valence-electron chi connectivity index (χ0n) is 30.2. The molecule has 4 saturated heterocycles. The molecule has 1 spiro atoms. The van der Waals surface area contributed by atoms with Gasteiger partial charge in [0, 0.05) is 24.2 Å². The first-order valence-electron chi connectivity index (χ1n) is 19.4. The number of rotatable bonds is 4. The predicted octanol–water partition coefficient (Wildman–Crippen LogP) is 2.00. The van der Waals surface area contributed by atoms with E-state index in [-0.39, 0.29) is 18.1 Å². The van der Waals surface area contributed by atoms with Gasteiger partial charge in [0.2, 0.25) is 0 Å². The van der Waals surface area contributed by atoms with Crippen LogP contribution in [-0.4, -0.2) is 123 Å². The highest BCUT2D eigenvalue weighted by molar-refractivity contribution is 5.28. The van der Waals surface area contributed by atoms with Crippen LogP contribution in [0.5, 0.6) is 0 Å². The molecule has 0 amide bonds. The van der Waals surface area contributed by atoms with Gasteiger partial charge in [-0.25, -0.2) is 0 Å². The van der Waals surface area contributed by atoms with Crippen molar-refractivity contribution in [1.82, 2.24) is 0 Å². The van der Waals surface area contributed by atoms with Crippen LogP contribution in [-0.2, 0) is 28.4 Å². The molecule has 3 unspecified atom stereocenters. The second-order valence-electron chi connectivity index (χ2n) is 17.9. The molecule has 8 rings (SSSR count). The van der Waals surface area contributed by atoms with E-state index < -0.39 is 78.7 Å². The molecule has 12 nitrogen and oxygen atoms in total. The molecule has 0 aromatic rings. The number of fused-ring (bicyclic) bond motifs is 7. The lowest BCUT2D eigenvalue weighted by molar-refractivity contribution is -0.362. The molecule has 4 aliphatic heterocycles. The van der Waals surface area contributed by atoms with Gasteiger partial charge in [0.25, 0.3) is 0 Å². The lowest BCUT2D eigenvalue weighted by Gasteiger charge is -2.60. The van der Waals surface area contributed by atoms with Gasteiger partial charge in [0.05, 0.1) is 37.6 Å². The van der Waals surface area contributed by atoms with Crippen LogP contribution in [0.3, 0.4) is 0 Å². The minimum Gasteiger partial charge on any atom is -0.393 e. The Morgan fingerprint density at radius 3 is 2.34 bits per heavy atom. The lowest BCUT2D eigenvalue weighted by atomic mass is 9.46. The summed E-state index contributed by atoms with van der Waals surface area (Å²) in [6.07, 6.45) is -3.26. The summed E-state index contributed by atoms with van der Waals surface area (Å²) in [5, 5.41) is 64.1. The summed E-state index contributed by atoms with van der Waals surface area (Å²) in [6, 6.07) is 0. The van der Waals surface area contributed by atoms with Crippen LogP contribution in [0.15, 0.2) is 11.6 Å². The summed E-state index contributed by atoms with van der Waals surface area (Å²) >= 11 is 0. The quantitative estimate of drug-likeness (QED) is 0.235. The Kier molecular flexibility index (Phi) is 9.38. The molecule has 8 aliphatic rings. The number of aliphatic hydroxyl groups excluding tert-OH is 6. The largest absolute Gasteiger partial charge is 0.393 e. The fourth-order valence-electron chi connectivity index (χ4n) is 12.4. The van der Waals surface area contributed by atoms with Crippen molar-refractivity contribution in [3.63, 3.8) is 0 Å². The summed E-state index contributed by atoms with van der Waals surface area (Å²) in [7, 11) is 0. The standard InChI is InChI=1S/C38H60O12/c1-17-8-11-38(46-15-17)18(2)28-26(50-38)14-24-22-7-6-20-12-21(39)13-27(37(20,5)23(22)9-10-36(24,28)4)48-35-33(30(42)25(40)16-45-35)49-34-32(44)31(43)29(41)19(3)47-34/h6,17-19,21-35,39-44H,7-16H2,1-5H3/t17-,18+,19+,21-,22?,23?,24?,25-,26+,27-,28+,29+,30+,31-,32-,33-,34+,35-,36+,37+,38-/m1/s1. The van der Waals surface area contributed by atoms with Crippen molar-refractivity contribution in [1.29, 1.82) is 0 Å². The third-order valence-electron chi connectivity index (χ3n) is 15.2. The molecule has 4 heterocycles. The topological polar surface area (TPSA) is 177 Å². The lowest BCUT2D eigenvalue weighted by Crippen LogP contribution is -2.63. The number of ether oxygens (including phenoxy) is 6. The Labute approximate surface area is 295 Å². The highest BCUT2D eigenvalue weighted by Crippen LogP contribution is 2.71. The molecule has 284 valence electrons. The maximum atomic E-state index is 11.1. The van der Waals surface area contributed by atoms with Gasteiger partial charge in [-0.15, -0.1) is 0 Å². The molecule has 0 bridgehead atoms. The summed E-state index contributed by atoms with van der Waals surface area (Å²) in [5.74, 6) is 2.08. The van der Waals surface area contributed by atoms with E-state index in [1.54, 1.807) is 6.92 Å². The fourth-order valence-corrected chi connectivity index (χ4v) is 12.4. The maximum Gasteiger partial charge on any atom is 0.187 e. The summed E-state index contributed by atoms with van der Waals surface area (Å²) in [4.78, 5) is 0. The SMILES string of the molecule is C[C@@H]1CC[C@@]2(OC1)O[C@H]1CC3C4CC=C5C[C@@H](O)C[C@@H](O[C@H]6OC[C@@H](O)[C@H](O)[C@H]6O[C@@H]6O[C@@H](C)[C@H](O)[C@@H](O)[C@H]6O)[C@]5(C)C4CC[C@]3(C)[C@H]1[C@@H]2C. The third kappa shape index (κ3) is 5.45. The number of hydrogen-bond acceptors (Lipinski definition) is 12. The molecule has 12 heteroatoms. The average molecular weight is 709 g/mol. The highest BCUT2D eigenvalue weighted by Gasteiger charge is 2.69. The van der Waals surface area contributed by atoms with Crippen molar-refractivity contribution in [3.8, 4) is 0 Å². The van der Waals surface area contributed by atoms with Crippen molar-refractivity contribution in [2.24, 2.45) is 46.3 Å². The van der Waals surface area contributed by atoms with Crippen molar-refractivity contribution in [3.05, 3.63) is 11.6 Å². The van der Waals surface area contributed by atoms with Crippen LogP contribution in [0, 0.1) is 46.3 Å². The van der Waals surface area contributed by atoms with Crippen LogP contribution in [0.1, 0.15) is 86.0 Å². The minimum absolute atomic E-state index is 0.134. The summed E-state index contributed by atoms with van der Waals surface area (Å²) in [5.41, 5.74) is 0.917. The molecule has 0 radical (unpaired) electrons. The Morgan fingerprint density at radius 1 is 0.820 bits per heavy atom. The Balaban J connectivity index is 1.04. The van der Waals surface area contributed by atoms with E-state index in [9.17, 15) is 30.6 Å². The van der Waals surface area contributed by atoms with Gasteiger partial charge < -0.3 is 59.1 Å². The normalized spacial score (nSPS) is 59.3. The molecule has 4 aliphatic carbocycles. The van der Waals surface area contributed by atoms with Crippen LogP contribution in [0.25, 0.3) is 0 Å². The van der Waals surface area contributed by atoms with E-state index in [1.807, 2.05) is 0 Å². The van der Waals surface area contributed by atoms with Gasteiger partial charge in [-0.05, 0) is 80.5 Å². The van der Waals surface area contributed by atoms with Crippen LogP contribution < -0.4 is 0 Å². The molecule has 7 fully saturated rings. The van der Waals surface area contributed by atoms with E-state index >= 15 is 0 Å². The monoisotopic (exact) mass is 708 g/mol. The zero-order valence-corrected chi connectivity index (χ0v) is 30.2. The third-order valence-corrected chi connectivity index (χ3v) is 15.2. The van der Waals surface area contributed by atoms with Crippen molar-refractivity contribution < 1.29 is 59.1 Å². The van der Waals surface area contributed by atoms with E-state index in [0.29, 0.717) is 48.3 Å². The van der Waals surface area contributed by atoms with Gasteiger partial charge >= 0.3 is 0 Å². The fraction of sp³-hybridized carbons (Fsp3) is 0.947. The molecule has 0 aromatic heterocycles. The Hall–Kier alpha value is -0.740. The molecule has 50 heavy (non-hydrogen) atoms. The number of aliphatic hydroxyl groups is 6. The molecule has 0 aromatic carbocycles. The second kappa shape index (κ2) is 12.9. The average Bonchev–Trinajstić information content (AvgIpc) is 3.53. The predicted molar refractivity (Wildman–Crippen MR) is 177 cm³/mol. The second-order valence-corrected chi connectivity index (χ2v) is 17.9. The molecule has 21 atom stereocenters. The molecular weight excluding hydrogens is 648 g/mol. The van der Waals surface area contributed by atoms with Gasteiger partial charge in [0.1, 0.15) is 36.6 Å². The van der Waals surface area contributed by atoms with Crippen molar-refractivity contribution in [2.45, 2.75) is 165 Å².